The van der Waals surface area contributed by atoms with Crippen molar-refractivity contribution in [2.45, 2.75) is 13.8 Å². The molecule has 2 aromatic carbocycles. The van der Waals surface area contributed by atoms with E-state index in [1.807, 2.05) is 26.0 Å². The molecule has 1 N–H and O–H groups in total. The first-order valence-electron chi connectivity index (χ1n) is 9.12. The molecular weight excluding hydrogens is 422 g/mol. The zero-order chi connectivity index (χ0) is 22.7. The predicted molar refractivity (Wildman–Crippen MR) is 114 cm³/mol. The Morgan fingerprint density at radius 3 is 2.42 bits per heavy atom. The van der Waals surface area contributed by atoms with E-state index >= 15 is 0 Å². The summed E-state index contributed by atoms with van der Waals surface area (Å²) in [4.78, 5) is 38.8. The van der Waals surface area contributed by atoms with E-state index in [4.69, 9.17) is 26.3 Å². The summed E-state index contributed by atoms with van der Waals surface area (Å²) in [6.45, 7) is 3.45. The fourth-order valence-corrected chi connectivity index (χ4v) is 3.48. The minimum Gasteiger partial charge on any atom is -0.493 e. The number of nitriles is 1. The third-order valence-electron chi connectivity index (χ3n) is 4.41. The third kappa shape index (κ3) is 4.52. The average Bonchev–Trinajstić information content (AvgIpc) is 2.69. The van der Waals surface area contributed by atoms with Crippen molar-refractivity contribution < 1.29 is 23.9 Å². The molecule has 1 heterocycles. The fraction of sp³-hybridized carbons (Fsp3) is 0.182. The van der Waals surface area contributed by atoms with Crippen LogP contribution in [-0.4, -0.2) is 31.6 Å². The minimum absolute atomic E-state index is 0.132. The van der Waals surface area contributed by atoms with Gasteiger partial charge >= 0.3 is 6.03 Å². The molecule has 0 radical (unpaired) electrons. The fourth-order valence-electron chi connectivity index (χ4n) is 3.21. The average molecular weight is 440 g/mol. The minimum atomic E-state index is -0.826. The third-order valence-corrected chi connectivity index (χ3v) is 4.69. The Hall–Kier alpha value is -3.83. The molecule has 1 saturated heterocycles. The molecule has 9 heteroatoms. The SMILES string of the molecule is COc1cc(/C=C2\C(=O)NC(=O)N(c3cc(C)cc(C)c3)C2=O)cc(Cl)c1OCC#N. The molecule has 31 heavy (non-hydrogen) atoms. The maximum atomic E-state index is 13.1. The van der Waals surface area contributed by atoms with Gasteiger partial charge in [0.2, 0.25) is 0 Å². The van der Waals surface area contributed by atoms with Crippen LogP contribution in [0.3, 0.4) is 0 Å². The lowest BCUT2D eigenvalue weighted by Crippen LogP contribution is -2.54. The van der Waals surface area contributed by atoms with E-state index in [9.17, 15) is 14.4 Å². The number of aryl methyl sites for hydroxylation is 2. The molecule has 2 aromatic rings. The number of carbonyl (C=O) groups is 3. The summed E-state index contributed by atoms with van der Waals surface area (Å²) in [6.07, 6.45) is 1.31. The number of methoxy groups -OCH3 is 1. The summed E-state index contributed by atoms with van der Waals surface area (Å²) >= 11 is 6.23. The zero-order valence-electron chi connectivity index (χ0n) is 17.0. The highest BCUT2D eigenvalue weighted by atomic mass is 35.5. The monoisotopic (exact) mass is 439 g/mol. The van der Waals surface area contributed by atoms with Crippen molar-refractivity contribution in [2.75, 3.05) is 18.6 Å². The number of imide groups is 2. The van der Waals surface area contributed by atoms with E-state index in [0.29, 0.717) is 11.3 Å². The molecule has 0 aromatic heterocycles. The van der Waals surface area contributed by atoms with E-state index in [1.54, 1.807) is 12.1 Å². The largest absolute Gasteiger partial charge is 0.493 e. The maximum absolute atomic E-state index is 13.1. The van der Waals surface area contributed by atoms with Gasteiger partial charge in [0, 0.05) is 0 Å². The van der Waals surface area contributed by atoms with Gasteiger partial charge in [0.1, 0.15) is 11.6 Å². The second-order valence-corrected chi connectivity index (χ2v) is 7.19. The van der Waals surface area contributed by atoms with Gasteiger partial charge in [-0.15, -0.1) is 0 Å². The summed E-state index contributed by atoms with van der Waals surface area (Å²) in [5, 5.41) is 11.0. The molecule has 0 aliphatic carbocycles. The number of benzene rings is 2. The van der Waals surface area contributed by atoms with Crippen molar-refractivity contribution >= 4 is 41.2 Å². The summed E-state index contributed by atoms with van der Waals surface area (Å²) in [6, 6.07) is 9.24. The Morgan fingerprint density at radius 2 is 1.81 bits per heavy atom. The van der Waals surface area contributed by atoms with E-state index in [-0.39, 0.29) is 28.7 Å². The number of anilines is 1. The number of nitrogens with zero attached hydrogens (tertiary/aromatic N) is 2. The van der Waals surface area contributed by atoms with Crippen molar-refractivity contribution in [3.05, 3.63) is 57.6 Å². The van der Waals surface area contributed by atoms with Gasteiger partial charge in [-0.2, -0.15) is 5.26 Å². The summed E-state index contributed by atoms with van der Waals surface area (Å²) in [5.41, 5.74) is 2.21. The van der Waals surface area contributed by atoms with Crippen molar-refractivity contribution in [1.29, 1.82) is 5.26 Å². The normalized spacial score (nSPS) is 15.0. The number of nitrogens with one attached hydrogen (secondary N) is 1. The van der Waals surface area contributed by atoms with E-state index in [1.165, 1.54) is 25.3 Å². The molecule has 1 aliphatic heterocycles. The molecular formula is C22H18ClN3O5. The Bertz CT molecular complexity index is 1150. The number of amides is 4. The molecule has 8 nitrogen and oxygen atoms in total. The lowest BCUT2D eigenvalue weighted by molar-refractivity contribution is -0.122. The van der Waals surface area contributed by atoms with Crippen LogP contribution in [0.15, 0.2) is 35.9 Å². The van der Waals surface area contributed by atoms with Gasteiger partial charge in [-0.3, -0.25) is 14.9 Å². The lowest BCUT2D eigenvalue weighted by Gasteiger charge is -2.27. The Balaban J connectivity index is 2.04. The highest BCUT2D eigenvalue weighted by Crippen LogP contribution is 2.37. The van der Waals surface area contributed by atoms with Crippen molar-refractivity contribution in [3.63, 3.8) is 0 Å². The highest BCUT2D eigenvalue weighted by Gasteiger charge is 2.37. The van der Waals surface area contributed by atoms with E-state index < -0.39 is 17.8 Å². The number of halogens is 1. The standard InChI is InChI=1S/C22H18ClN3O5/c1-12-6-13(2)8-15(7-12)26-21(28)16(20(27)25-22(26)29)9-14-10-17(23)19(31-5-4-24)18(11-14)30-3/h6-11H,5H2,1-3H3,(H,25,27,29)/b16-9+. The molecule has 158 valence electrons. The molecule has 0 saturated carbocycles. The molecule has 0 atom stereocenters. The number of ether oxygens (including phenoxy) is 2. The first-order chi connectivity index (χ1) is 14.7. The van der Waals surface area contributed by atoms with Crippen LogP contribution in [0, 0.1) is 25.2 Å². The quantitative estimate of drug-likeness (QED) is 0.563. The van der Waals surface area contributed by atoms with Gasteiger partial charge in [0.25, 0.3) is 11.8 Å². The first kappa shape index (κ1) is 21.9. The van der Waals surface area contributed by atoms with Gasteiger partial charge in [0.05, 0.1) is 17.8 Å². The van der Waals surface area contributed by atoms with E-state index in [0.717, 1.165) is 16.0 Å². The lowest BCUT2D eigenvalue weighted by atomic mass is 10.0. The second-order valence-electron chi connectivity index (χ2n) is 6.78. The van der Waals surface area contributed by atoms with Crippen LogP contribution >= 0.6 is 11.6 Å². The van der Waals surface area contributed by atoms with Gasteiger partial charge in [-0.25, -0.2) is 9.69 Å². The number of urea groups is 1. The van der Waals surface area contributed by atoms with Crippen LogP contribution in [0.25, 0.3) is 6.08 Å². The van der Waals surface area contributed by atoms with Crippen LogP contribution in [-0.2, 0) is 9.59 Å². The number of rotatable bonds is 5. The van der Waals surface area contributed by atoms with Gasteiger partial charge in [-0.1, -0.05) is 17.7 Å². The highest BCUT2D eigenvalue weighted by molar-refractivity contribution is 6.39. The Morgan fingerprint density at radius 1 is 1.13 bits per heavy atom. The number of barbiturate groups is 1. The molecule has 0 unspecified atom stereocenters. The predicted octanol–water partition coefficient (Wildman–Crippen LogP) is 3.53. The molecule has 4 amide bonds. The van der Waals surface area contributed by atoms with Crippen LogP contribution < -0.4 is 19.7 Å². The van der Waals surface area contributed by atoms with Crippen LogP contribution in [0.2, 0.25) is 5.02 Å². The number of carbonyl (C=O) groups excluding carboxylic acids is 3. The Kier molecular flexibility index (Phi) is 6.28. The van der Waals surface area contributed by atoms with Gasteiger partial charge < -0.3 is 9.47 Å². The molecule has 1 aliphatic rings. The smallest absolute Gasteiger partial charge is 0.335 e. The van der Waals surface area contributed by atoms with Gasteiger partial charge in [-0.05, 0) is 60.9 Å². The van der Waals surface area contributed by atoms with E-state index in [2.05, 4.69) is 5.32 Å². The molecule has 0 spiro atoms. The van der Waals surface area contributed by atoms with Crippen molar-refractivity contribution in [3.8, 4) is 17.6 Å². The van der Waals surface area contributed by atoms with Crippen LogP contribution in [0.1, 0.15) is 16.7 Å². The number of hydrogen-bond acceptors (Lipinski definition) is 6. The topological polar surface area (TPSA) is 109 Å². The Labute approximate surface area is 183 Å². The molecule has 3 rings (SSSR count). The summed E-state index contributed by atoms with van der Waals surface area (Å²) in [5.74, 6) is -1.20. The second kappa shape index (κ2) is 8.90. The maximum Gasteiger partial charge on any atom is 0.335 e. The van der Waals surface area contributed by atoms with Crippen LogP contribution in [0.4, 0.5) is 10.5 Å². The summed E-state index contributed by atoms with van der Waals surface area (Å²) in [7, 11) is 1.39. The van der Waals surface area contributed by atoms with Gasteiger partial charge in [0.15, 0.2) is 18.1 Å². The van der Waals surface area contributed by atoms with Crippen LogP contribution in [0.5, 0.6) is 11.5 Å². The zero-order valence-corrected chi connectivity index (χ0v) is 17.7. The molecule has 1 fully saturated rings. The number of hydrogen-bond donors (Lipinski definition) is 1. The first-order valence-corrected chi connectivity index (χ1v) is 9.50. The van der Waals surface area contributed by atoms with Crippen molar-refractivity contribution in [2.24, 2.45) is 0 Å². The van der Waals surface area contributed by atoms with Crippen molar-refractivity contribution in [1.82, 2.24) is 5.32 Å². The summed E-state index contributed by atoms with van der Waals surface area (Å²) < 4.78 is 10.5. The molecule has 0 bridgehead atoms.